The molecule has 1 aliphatic heterocycles. The molecular formula is C8H7BrNO-. The van der Waals surface area contributed by atoms with Gasteiger partial charge in [0.2, 0.25) is 0 Å². The molecule has 11 heavy (non-hydrogen) atoms. The van der Waals surface area contributed by atoms with Crippen molar-refractivity contribution in [2.24, 2.45) is 0 Å². The Kier molecular flexibility index (Phi) is 1.71. The fraction of sp³-hybridized carbons (Fsp3) is 0.250. The van der Waals surface area contributed by atoms with Crippen molar-refractivity contribution in [3.63, 3.8) is 0 Å². The molecule has 0 unspecified atom stereocenters. The smallest absolute Gasteiger partial charge is 0.0178 e. The van der Waals surface area contributed by atoms with E-state index < -0.39 is 0 Å². The summed E-state index contributed by atoms with van der Waals surface area (Å²) in [4.78, 5) is 0. The second-order valence-electron chi connectivity index (χ2n) is 2.71. The average molecular weight is 213 g/mol. The van der Waals surface area contributed by atoms with Crippen molar-refractivity contribution in [3.8, 4) is 0 Å². The third-order valence-corrected chi connectivity index (χ3v) is 2.35. The highest BCUT2D eigenvalue weighted by molar-refractivity contribution is 9.10. The molecule has 1 aliphatic rings. The van der Waals surface area contributed by atoms with Crippen molar-refractivity contribution in [2.45, 2.75) is 13.1 Å². The molecule has 1 heterocycles. The van der Waals surface area contributed by atoms with Gasteiger partial charge in [0.25, 0.3) is 0 Å². The number of fused-ring (bicyclic) bond motifs is 1. The average Bonchev–Trinajstić information content (AvgIpc) is 2.27. The van der Waals surface area contributed by atoms with Crippen LogP contribution in [0, 0.1) is 5.21 Å². The number of benzene rings is 1. The molecule has 0 saturated carbocycles. The minimum absolute atomic E-state index is 0.536. The standard InChI is InChI=1S/C8H7BrNO/c9-8-2-1-6-4-10(11)5-7(6)3-8/h1-3H,4-5H2/q-1. The van der Waals surface area contributed by atoms with Crippen LogP contribution < -0.4 is 0 Å². The minimum atomic E-state index is 0.536. The first kappa shape index (κ1) is 7.28. The summed E-state index contributed by atoms with van der Waals surface area (Å²) in [5.41, 5.74) is 2.30. The second-order valence-corrected chi connectivity index (χ2v) is 3.63. The molecule has 1 aromatic rings. The molecule has 0 aliphatic carbocycles. The molecular weight excluding hydrogens is 206 g/mol. The minimum Gasteiger partial charge on any atom is -0.785 e. The van der Waals surface area contributed by atoms with E-state index >= 15 is 0 Å². The van der Waals surface area contributed by atoms with Crippen LogP contribution in [0.2, 0.25) is 0 Å². The Balaban J connectivity index is 2.43. The van der Waals surface area contributed by atoms with Gasteiger partial charge < -0.3 is 10.3 Å². The maximum atomic E-state index is 10.9. The largest absolute Gasteiger partial charge is 0.785 e. The first-order valence-corrected chi connectivity index (χ1v) is 4.24. The van der Waals surface area contributed by atoms with Crippen LogP contribution in [0.25, 0.3) is 0 Å². The van der Waals surface area contributed by atoms with Crippen LogP contribution in [0.1, 0.15) is 11.1 Å². The topological polar surface area (TPSA) is 26.3 Å². The van der Waals surface area contributed by atoms with Crippen LogP contribution in [-0.4, -0.2) is 5.06 Å². The zero-order chi connectivity index (χ0) is 7.84. The first-order valence-electron chi connectivity index (χ1n) is 3.45. The maximum absolute atomic E-state index is 10.9. The SMILES string of the molecule is [O-]N1Cc2ccc(Br)cc2C1. The Labute approximate surface area is 73.5 Å². The quantitative estimate of drug-likeness (QED) is 0.660. The van der Waals surface area contributed by atoms with Gasteiger partial charge in [-0.25, -0.2) is 0 Å². The predicted octanol–water partition coefficient (Wildman–Crippen LogP) is 2.26. The number of hydrogen-bond acceptors (Lipinski definition) is 2. The molecule has 0 spiro atoms. The Hall–Kier alpha value is -0.380. The van der Waals surface area contributed by atoms with Crippen LogP contribution >= 0.6 is 15.9 Å². The van der Waals surface area contributed by atoms with Gasteiger partial charge in [0, 0.05) is 17.6 Å². The lowest BCUT2D eigenvalue weighted by atomic mass is 10.1. The Morgan fingerprint density at radius 3 is 2.82 bits per heavy atom. The zero-order valence-corrected chi connectivity index (χ0v) is 7.47. The van der Waals surface area contributed by atoms with Crippen molar-refractivity contribution < 1.29 is 0 Å². The first-order chi connectivity index (χ1) is 5.25. The van der Waals surface area contributed by atoms with E-state index in [9.17, 15) is 5.21 Å². The van der Waals surface area contributed by atoms with Gasteiger partial charge in [0.05, 0.1) is 0 Å². The second kappa shape index (κ2) is 2.59. The monoisotopic (exact) mass is 212 g/mol. The van der Waals surface area contributed by atoms with E-state index in [1.165, 1.54) is 0 Å². The lowest BCUT2D eigenvalue weighted by Crippen LogP contribution is -2.04. The van der Waals surface area contributed by atoms with Gasteiger partial charge in [0.1, 0.15) is 0 Å². The van der Waals surface area contributed by atoms with Crippen LogP contribution in [0.4, 0.5) is 0 Å². The molecule has 0 aromatic heterocycles. The summed E-state index contributed by atoms with van der Waals surface area (Å²) in [5.74, 6) is 0. The van der Waals surface area contributed by atoms with E-state index in [1.807, 2.05) is 18.2 Å². The normalized spacial score (nSPS) is 16.9. The molecule has 58 valence electrons. The van der Waals surface area contributed by atoms with Gasteiger partial charge in [-0.3, -0.25) is 0 Å². The van der Waals surface area contributed by atoms with Gasteiger partial charge >= 0.3 is 0 Å². The van der Waals surface area contributed by atoms with Crippen molar-refractivity contribution in [1.29, 1.82) is 0 Å². The van der Waals surface area contributed by atoms with Gasteiger partial charge in [-0.05, 0) is 23.3 Å². The third-order valence-electron chi connectivity index (χ3n) is 1.86. The zero-order valence-electron chi connectivity index (χ0n) is 5.88. The Morgan fingerprint density at radius 2 is 2.00 bits per heavy atom. The molecule has 0 atom stereocenters. The summed E-state index contributed by atoms with van der Waals surface area (Å²) in [6, 6.07) is 5.97. The lowest BCUT2D eigenvalue weighted by molar-refractivity contribution is 0.401. The van der Waals surface area contributed by atoms with Gasteiger partial charge in [-0.1, -0.05) is 22.0 Å². The molecule has 1 aromatic carbocycles. The van der Waals surface area contributed by atoms with Crippen LogP contribution in [0.15, 0.2) is 22.7 Å². The van der Waals surface area contributed by atoms with E-state index in [4.69, 9.17) is 0 Å². The lowest BCUT2D eigenvalue weighted by Gasteiger charge is -2.19. The molecule has 2 nitrogen and oxygen atoms in total. The summed E-state index contributed by atoms with van der Waals surface area (Å²) in [7, 11) is 0. The summed E-state index contributed by atoms with van der Waals surface area (Å²) in [5, 5.41) is 12.0. The predicted molar refractivity (Wildman–Crippen MR) is 46.8 cm³/mol. The summed E-state index contributed by atoms with van der Waals surface area (Å²) < 4.78 is 1.05. The third kappa shape index (κ3) is 1.31. The van der Waals surface area contributed by atoms with E-state index in [0.29, 0.717) is 13.1 Å². The molecule has 0 saturated heterocycles. The molecule has 0 N–H and O–H groups in total. The number of halogens is 1. The fourth-order valence-corrected chi connectivity index (χ4v) is 1.74. The van der Waals surface area contributed by atoms with Crippen molar-refractivity contribution in [1.82, 2.24) is 5.06 Å². The summed E-state index contributed by atoms with van der Waals surface area (Å²) in [6.45, 7) is 1.08. The van der Waals surface area contributed by atoms with Gasteiger partial charge in [-0.2, -0.15) is 0 Å². The van der Waals surface area contributed by atoms with E-state index in [1.54, 1.807) is 0 Å². The highest BCUT2D eigenvalue weighted by Crippen LogP contribution is 2.24. The van der Waals surface area contributed by atoms with Gasteiger partial charge in [0.15, 0.2) is 0 Å². The van der Waals surface area contributed by atoms with Crippen molar-refractivity contribution >= 4 is 15.9 Å². The molecule has 2 rings (SSSR count). The maximum Gasteiger partial charge on any atom is 0.0178 e. The highest BCUT2D eigenvalue weighted by atomic mass is 79.9. The summed E-state index contributed by atoms with van der Waals surface area (Å²) in [6.07, 6.45) is 0. The van der Waals surface area contributed by atoms with Crippen LogP contribution in [0.5, 0.6) is 0 Å². The number of rotatable bonds is 0. The Morgan fingerprint density at radius 1 is 1.27 bits per heavy atom. The van der Waals surface area contributed by atoms with Crippen LogP contribution in [0.3, 0.4) is 0 Å². The molecule has 0 radical (unpaired) electrons. The molecule has 0 fully saturated rings. The fourth-order valence-electron chi connectivity index (χ4n) is 1.33. The Bertz CT molecular complexity index is 287. The highest BCUT2D eigenvalue weighted by Gasteiger charge is 2.11. The van der Waals surface area contributed by atoms with E-state index in [-0.39, 0.29) is 0 Å². The van der Waals surface area contributed by atoms with Crippen LogP contribution in [-0.2, 0) is 13.1 Å². The number of hydrogen-bond donors (Lipinski definition) is 0. The van der Waals surface area contributed by atoms with Gasteiger partial charge in [-0.15, -0.1) is 0 Å². The number of nitrogens with zero attached hydrogens (tertiary/aromatic N) is 1. The molecule has 0 bridgehead atoms. The van der Waals surface area contributed by atoms with E-state index in [2.05, 4.69) is 15.9 Å². The van der Waals surface area contributed by atoms with Crippen molar-refractivity contribution in [3.05, 3.63) is 39.0 Å². The van der Waals surface area contributed by atoms with E-state index in [0.717, 1.165) is 20.7 Å². The molecule has 3 heteroatoms. The summed E-state index contributed by atoms with van der Waals surface area (Å²) >= 11 is 3.36. The van der Waals surface area contributed by atoms with Crippen molar-refractivity contribution in [2.75, 3.05) is 0 Å². The number of hydroxylamine groups is 2. The molecule has 0 amide bonds.